The predicted molar refractivity (Wildman–Crippen MR) is 65.8 cm³/mol. The van der Waals surface area contributed by atoms with Crippen LogP contribution in [0.3, 0.4) is 0 Å². The van der Waals surface area contributed by atoms with Gasteiger partial charge in [-0.25, -0.2) is 0 Å². The molecule has 2 rings (SSSR count). The Bertz CT molecular complexity index is 256. The summed E-state index contributed by atoms with van der Waals surface area (Å²) in [6, 6.07) is 0. The second kappa shape index (κ2) is 6.33. The van der Waals surface area contributed by atoms with Gasteiger partial charge in [-0.05, 0) is 25.8 Å². The summed E-state index contributed by atoms with van der Waals surface area (Å²) >= 11 is 0. The normalized spacial score (nSPS) is 25.8. The minimum atomic E-state index is 0.0982. The fourth-order valence-electron chi connectivity index (χ4n) is 1.98. The number of rotatable bonds is 6. The van der Waals surface area contributed by atoms with E-state index in [1.165, 1.54) is 12.8 Å². The van der Waals surface area contributed by atoms with Gasteiger partial charge in [0.25, 0.3) is 0 Å². The standard InChI is InChI=1S/C12H23N3O2/c1-15-4-5-17-11(9-15)7-13-8-12(16)14-6-10-2-3-10/h10-11,13H,2-9H2,1H3,(H,14,16). The Morgan fingerprint density at radius 2 is 2.24 bits per heavy atom. The molecular formula is C12H23N3O2. The zero-order valence-electron chi connectivity index (χ0n) is 10.6. The topological polar surface area (TPSA) is 53.6 Å². The van der Waals surface area contributed by atoms with E-state index in [2.05, 4.69) is 22.6 Å². The molecule has 0 radical (unpaired) electrons. The number of nitrogens with one attached hydrogen (secondary N) is 2. The third-order valence-corrected chi connectivity index (χ3v) is 3.28. The second-order valence-corrected chi connectivity index (χ2v) is 5.13. The highest BCUT2D eigenvalue weighted by Gasteiger charge is 2.21. The van der Waals surface area contributed by atoms with Gasteiger partial charge in [0.05, 0.1) is 19.3 Å². The van der Waals surface area contributed by atoms with Crippen molar-refractivity contribution in [2.75, 3.05) is 46.4 Å². The smallest absolute Gasteiger partial charge is 0.233 e. The predicted octanol–water partition coefficient (Wildman–Crippen LogP) is -0.567. The summed E-state index contributed by atoms with van der Waals surface area (Å²) in [5, 5.41) is 6.09. The highest BCUT2D eigenvalue weighted by Crippen LogP contribution is 2.27. The average Bonchev–Trinajstić information content (AvgIpc) is 3.10. The molecule has 1 heterocycles. The van der Waals surface area contributed by atoms with E-state index in [-0.39, 0.29) is 12.0 Å². The summed E-state index contributed by atoms with van der Waals surface area (Å²) in [5.41, 5.74) is 0. The van der Waals surface area contributed by atoms with Gasteiger partial charge in [-0.1, -0.05) is 0 Å². The average molecular weight is 241 g/mol. The number of hydrogen-bond acceptors (Lipinski definition) is 4. The van der Waals surface area contributed by atoms with Crippen LogP contribution in [0.15, 0.2) is 0 Å². The van der Waals surface area contributed by atoms with Crippen LogP contribution in [0.4, 0.5) is 0 Å². The van der Waals surface area contributed by atoms with Crippen LogP contribution in [0, 0.1) is 5.92 Å². The Kier molecular flexibility index (Phi) is 4.76. The molecule has 2 aliphatic rings. The molecule has 1 saturated carbocycles. The first-order chi connectivity index (χ1) is 8.24. The molecule has 5 heteroatoms. The zero-order chi connectivity index (χ0) is 12.1. The van der Waals surface area contributed by atoms with Crippen molar-refractivity contribution in [3.63, 3.8) is 0 Å². The lowest BCUT2D eigenvalue weighted by atomic mass is 10.3. The lowest BCUT2D eigenvalue weighted by Gasteiger charge is -2.30. The van der Waals surface area contributed by atoms with Gasteiger partial charge >= 0.3 is 0 Å². The van der Waals surface area contributed by atoms with Crippen LogP contribution in [0.5, 0.6) is 0 Å². The van der Waals surface area contributed by atoms with E-state index in [9.17, 15) is 4.79 Å². The van der Waals surface area contributed by atoms with E-state index in [1.807, 2.05) is 0 Å². The summed E-state index contributed by atoms with van der Waals surface area (Å²) in [7, 11) is 2.10. The van der Waals surface area contributed by atoms with Crippen molar-refractivity contribution in [1.82, 2.24) is 15.5 Å². The van der Waals surface area contributed by atoms with Crippen LogP contribution in [-0.4, -0.2) is 63.3 Å². The summed E-state index contributed by atoms with van der Waals surface area (Å²) < 4.78 is 5.60. The SMILES string of the molecule is CN1CCOC(CNCC(=O)NCC2CC2)C1. The van der Waals surface area contributed by atoms with Gasteiger partial charge in [-0.15, -0.1) is 0 Å². The molecule has 1 saturated heterocycles. The minimum Gasteiger partial charge on any atom is -0.374 e. The minimum absolute atomic E-state index is 0.0982. The first-order valence-electron chi connectivity index (χ1n) is 6.51. The van der Waals surface area contributed by atoms with Crippen LogP contribution in [0.2, 0.25) is 0 Å². The molecule has 0 aromatic heterocycles. The fraction of sp³-hybridized carbons (Fsp3) is 0.917. The quantitative estimate of drug-likeness (QED) is 0.654. The van der Waals surface area contributed by atoms with E-state index >= 15 is 0 Å². The third-order valence-electron chi connectivity index (χ3n) is 3.28. The molecule has 0 aromatic carbocycles. The molecule has 1 aliphatic heterocycles. The van der Waals surface area contributed by atoms with E-state index in [0.29, 0.717) is 6.54 Å². The molecule has 1 aliphatic carbocycles. The maximum atomic E-state index is 11.5. The number of carbonyl (C=O) groups is 1. The maximum absolute atomic E-state index is 11.5. The van der Waals surface area contributed by atoms with Crippen LogP contribution >= 0.6 is 0 Å². The Morgan fingerprint density at radius 3 is 2.94 bits per heavy atom. The number of carbonyl (C=O) groups excluding carboxylic acids is 1. The molecule has 1 atom stereocenters. The highest BCUT2D eigenvalue weighted by molar-refractivity contribution is 5.77. The van der Waals surface area contributed by atoms with Crippen LogP contribution in [0.1, 0.15) is 12.8 Å². The summed E-state index contributed by atoms with van der Waals surface area (Å²) in [4.78, 5) is 13.7. The highest BCUT2D eigenvalue weighted by atomic mass is 16.5. The lowest BCUT2D eigenvalue weighted by molar-refractivity contribution is -0.120. The molecular weight excluding hydrogens is 218 g/mol. The van der Waals surface area contributed by atoms with Crippen molar-refractivity contribution >= 4 is 5.91 Å². The van der Waals surface area contributed by atoms with Crippen molar-refractivity contribution in [2.45, 2.75) is 18.9 Å². The number of hydrogen-bond donors (Lipinski definition) is 2. The molecule has 98 valence electrons. The van der Waals surface area contributed by atoms with Gasteiger partial charge in [0, 0.05) is 26.2 Å². The Balaban J connectivity index is 1.50. The van der Waals surface area contributed by atoms with Gasteiger partial charge in [-0.2, -0.15) is 0 Å². The first-order valence-corrected chi connectivity index (χ1v) is 6.51. The van der Waals surface area contributed by atoms with E-state index in [0.717, 1.165) is 38.7 Å². The second-order valence-electron chi connectivity index (χ2n) is 5.13. The lowest BCUT2D eigenvalue weighted by Crippen LogP contribution is -2.46. The van der Waals surface area contributed by atoms with Gasteiger partial charge in [0.2, 0.25) is 5.91 Å². The molecule has 17 heavy (non-hydrogen) atoms. The van der Waals surface area contributed by atoms with Crippen LogP contribution < -0.4 is 10.6 Å². The van der Waals surface area contributed by atoms with Crippen LogP contribution in [-0.2, 0) is 9.53 Å². The van der Waals surface area contributed by atoms with Gasteiger partial charge in [0.15, 0.2) is 0 Å². The molecule has 5 nitrogen and oxygen atoms in total. The van der Waals surface area contributed by atoms with E-state index in [1.54, 1.807) is 0 Å². The Hall–Kier alpha value is -0.650. The number of morpholine rings is 1. The van der Waals surface area contributed by atoms with Crippen molar-refractivity contribution < 1.29 is 9.53 Å². The monoisotopic (exact) mass is 241 g/mol. The van der Waals surface area contributed by atoms with Crippen LogP contribution in [0.25, 0.3) is 0 Å². The Morgan fingerprint density at radius 1 is 1.41 bits per heavy atom. The van der Waals surface area contributed by atoms with E-state index < -0.39 is 0 Å². The largest absolute Gasteiger partial charge is 0.374 e. The zero-order valence-corrected chi connectivity index (χ0v) is 10.6. The number of ether oxygens (including phenoxy) is 1. The molecule has 0 spiro atoms. The summed E-state index contributed by atoms with van der Waals surface area (Å²) in [6.07, 6.45) is 2.76. The molecule has 0 aromatic rings. The number of nitrogens with zero attached hydrogens (tertiary/aromatic N) is 1. The Labute approximate surface area is 103 Å². The van der Waals surface area contributed by atoms with Crippen molar-refractivity contribution in [2.24, 2.45) is 5.92 Å². The molecule has 2 fully saturated rings. The van der Waals surface area contributed by atoms with E-state index in [4.69, 9.17) is 4.74 Å². The first kappa shape index (κ1) is 12.8. The number of likely N-dealkylation sites (N-methyl/N-ethyl adjacent to an activating group) is 1. The summed E-state index contributed by atoms with van der Waals surface area (Å²) in [5.74, 6) is 0.843. The van der Waals surface area contributed by atoms with Crippen molar-refractivity contribution in [3.8, 4) is 0 Å². The molecule has 0 bridgehead atoms. The van der Waals surface area contributed by atoms with Gasteiger partial charge in [0.1, 0.15) is 0 Å². The fourth-order valence-corrected chi connectivity index (χ4v) is 1.98. The summed E-state index contributed by atoms with van der Waals surface area (Å²) in [6.45, 7) is 4.73. The molecule has 2 N–H and O–H groups in total. The van der Waals surface area contributed by atoms with Gasteiger partial charge in [-0.3, -0.25) is 4.79 Å². The van der Waals surface area contributed by atoms with Crippen molar-refractivity contribution in [3.05, 3.63) is 0 Å². The third kappa shape index (κ3) is 5.02. The van der Waals surface area contributed by atoms with Crippen molar-refractivity contribution in [1.29, 1.82) is 0 Å². The molecule has 1 amide bonds. The number of amides is 1. The molecule has 1 unspecified atom stereocenters. The maximum Gasteiger partial charge on any atom is 0.233 e. The van der Waals surface area contributed by atoms with Gasteiger partial charge < -0.3 is 20.3 Å².